The van der Waals surface area contributed by atoms with Crippen molar-refractivity contribution in [3.63, 3.8) is 0 Å². The first kappa shape index (κ1) is 19.3. The van der Waals surface area contributed by atoms with Crippen LogP contribution in [0.4, 0.5) is 0 Å². The Balaban J connectivity index is 1.80. The van der Waals surface area contributed by atoms with E-state index in [0.717, 1.165) is 5.56 Å². The van der Waals surface area contributed by atoms with Crippen LogP contribution in [0.15, 0.2) is 48.5 Å². The molecule has 0 fully saturated rings. The maximum absolute atomic E-state index is 12.1. The number of aliphatic carboxylic acids is 1. The number of carbonyl (C=O) groups excluding carboxylic acids is 1. The number of rotatable bonds is 9. The van der Waals surface area contributed by atoms with Gasteiger partial charge in [-0.15, -0.1) is 0 Å². The average Bonchev–Trinajstić information content (AvgIpc) is 2.63. The van der Waals surface area contributed by atoms with Crippen LogP contribution < -0.4 is 14.8 Å². The van der Waals surface area contributed by atoms with E-state index in [1.807, 2.05) is 25.1 Å². The standard InChI is InChI=1S/C19H21NO6/c1-13-4-2-6-16(8-13)25-11-15(21)10-20-19(24)14-5-3-7-17(9-14)26-12-18(22)23/h2-9,15,21H,10-12H2,1H3,(H,20,24)(H,22,23). The number of carboxylic acid groups (broad SMARTS) is 1. The van der Waals surface area contributed by atoms with Crippen LogP contribution in [0, 0.1) is 6.92 Å². The largest absolute Gasteiger partial charge is 0.491 e. The molecule has 7 nitrogen and oxygen atoms in total. The van der Waals surface area contributed by atoms with Crippen LogP contribution in [-0.4, -0.2) is 48.0 Å². The van der Waals surface area contributed by atoms with Gasteiger partial charge >= 0.3 is 5.97 Å². The molecular weight excluding hydrogens is 338 g/mol. The summed E-state index contributed by atoms with van der Waals surface area (Å²) in [4.78, 5) is 22.6. The number of hydrogen-bond donors (Lipinski definition) is 3. The van der Waals surface area contributed by atoms with Crippen molar-refractivity contribution in [1.82, 2.24) is 5.32 Å². The molecule has 26 heavy (non-hydrogen) atoms. The highest BCUT2D eigenvalue weighted by Crippen LogP contribution is 2.14. The predicted molar refractivity (Wildman–Crippen MR) is 94.6 cm³/mol. The van der Waals surface area contributed by atoms with Crippen molar-refractivity contribution in [2.45, 2.75) is 13.0 Å². The van der Waals surface area contributed by atoms with Crippen molar-refractivity contribution in [1.29, 1.82) is 0 Å². The summed E-state index contributed by atoms with van der Waals surface area (Å²) in [5, 5.41) is 21.1. The number of amides is 1. The summed E-state index contributed by atoms with van der Waals surface area (Å²) in [6.07, 6.45) is -0.870. The zero-order valence-electron chi connectivity index (χ0n) is 14.3. The normalized spacial score (nSPS) is 11.5. The molecule has 0 aliphatic rings. The smallest absolute Gasteiger partial charge is 0.341 e. The first-order chi connectivity index (χ1) is 12.4. The lowest BCUT2D eigenvalue weighted by molar-refractivity contribution is -0.139. The number of ether oxygens (including phenoxy) is 2. The van der Waals surface area contributed by atoms with Gasteiger partial charge in [-0.05, 0) is 42.8 Å². The summed E-state index contributed by atoms with van der Waals surface area (Å²) in [7, 11) is 0. The van der Waals surface area contributed by atoms with Crippen LogP contribution in [0.3, 0.4) is 0 Å². The summed E-state index contributed by atoms with van der Waals surface area (Å²) >= 11 is 0. The molecule has 138 valence electrons. The summed E-state index contributed by atoms with van der Waals surface area (Å²) in [5.74, 6) is -0.570. The van der Waals surface area contributed by atoms with Crippen molar-refractivity contribution in [2.75, 3.05) is 19.8 Å². The van der Waals surface area contributed by atoms with E-state index in [-0.39, 0.29) is 18.9 Å². The Bertz CT molecular complexity index is 761. The van der Waals surface area contributed by atoms with Gasteiger partial charge in [0.2, 0.25) is 0 Å². The Morgan fingerprint density at radius 3 is 2.46 bits per heavy atom. The number of aryl methyl sites for hydroxylation is 1. The maximum atomic E-state index is 12.1. The third kappa shape index (κ3) is 6.45. The highest BCUT2D eigenvalue weighted by molar-refractivity contribution is 5.94. The monoisotopic (exact) mass is 359 g/mol. The average molecular weight is 359 g/mol. The van der Waals surface area contributed by atoms with Gasteiger partial charge < -0.3 is 25.0 Å². The van der Waals surface area contributed by atoms with Gasteiger partial charge in [-0.2, -0.15) is 0 Å². The van der Waals surface area contributed by atoms with Crippen molar-refractivity contribution >= 4 is 11.9 Å². The molecular formula is C19H21NO6. The Morgan fingerprint density at radius 2 is 1.77 bits per heavy atom. The molecule has 0 saturated carbocycles. The minimum absolute atomic E-state index is 0.0187. The van der Waals surface area contributed by atoms with E-state index < -0.39 is 24.6 Å². The molecule has 1 atom stereocenters. The molecule has 2 aromatic rings. The lowest BCUT2D eigenvalue weighted by Crippen LogP contribution is -2.35. The molecule has 0 aromatic heterocycles. The fourth-order valence-corrected chi connectivity index (χ4v) is 2.14. The van der Waals surface area contributed by atoms with E-state index in [4.69, 9.17) is 14.6 Å². The molecule has 3 N–H and O–H groups in total. The van der Waals surface area contributed by atoms with E-state index in [1.54, 1.807) is 24.3 Å². The van der Waals surface area contributed by atoms with Crippen molar-refractivity contribution in [2.24, 2.45) is 0 Å². The van der Waals surface area contributed by atoms with Crippen LogP contribution in [0.2, 0.25) is 0 Å². The van der Waals surface area contributed by atoms with Gasteiger partial charge in [0.15, 0.2) is 6.61 Å². The number of carboxylic acids is 1. The molecule has 1 amide bonds. The molecule has 7 heteroatoms. The zero-order valence-corrected chi connectivity index (χ0v) is 14.3. The molecule has 0 spiro atoms. The molecule has 0 aliphatic heterocycles. The SMILES string of the molecule is Cc1cccc(OCC(O)CNC(=O)c2cccc(OCC(=O)O)c2)c1. The Morgan fingerprint density at radius 1 is 1.08 bits per heavy atom. The van der Waals surface area contributed by atoms with Crippen LogP contribution in [0.1, 0.15) is 15.9 Å². The number of nitrogens with one attached hydrogen (secondary N) is 1. The first-order valence-electron chi connectivity index (χ1n) is 8.04. The topological polar surface area (TPSA) is 105 Å². The third-order valence-electron chi connectivity index (χ3n) is 3.39. The quantitative estimate of drug-likeness (QED) is 0.628. The van der Waals surface area contributed by atoms with E-state index in [9.17, 15) is 14.7 Å². The van der Waals surface area contributed by atoms with Crippen molar-refractivity contribution < 1.29 is 29.3 Å². The van der Waals surface area contributed by atoms with Gasteiger partial charge in [-0.25, -0.2) is 4.79 Å². The molecule has 2 aromatic carbocycles. The number of carbonyl (C=O) groups is 2. The van der Waals surface area contributed by atoms with Crippen molar-refractivity contribution in [3.8, 4) is 11.5 Å². The van der Waals surface area contributed by atoms with Gasteiger partial charge in [0.1, 0.15) is 24.2 Å². The van der Waals surface area contributed by atoms with Gasteiger partial charge in [0.05, 0.1) is 0 Å². The van der Waals surface area contributed by atoms with E-state index >= 15 is 0 Å². The lowest BCUT2D eigenvalue weighted by atomic mass is 10.2. The second kappa shape index (κ2) is 9.43. The minimum atomic E-state index is -1.10. The molecule has 0 aliphatic carbocycles. The summed E-state index contributed by atoms with van der Waals surface area (Å²) in [6, 6.07) is 13.6. The Hall–Kier alpha value is -3.06. The molecule has 0 heterocycles. The highest BCUT2D eigenvalue weighted by Gasteiger charge is 2.11. The highest BCUT2D eigenvalue weighted by atomic mass is 16.5. The summed E-state index contributed by atoms with van der Waals surface area (Å²) in [5.41, 5.74) is 1.36. The zero-order chi connectivity index (χ0) is 18.9. The second-order valence-electron chi connectivity index (χ2n) is 5.70. The number of benzene rings is 2. The van der Waals surface area contributed by atoms with Crippen LogP contribution in [0.5, 0.6) is 11.5 Å². The summed E-state index contributed by atoms with van der Waals surface area (Å²) in [6.45, 7) is 1.52. The van der Waals surface area contributed by atoms with Crippen LogP contribution >= 0.6 is 0 Å². The Kier molecular flexibility index (Phi) is 6.99. The maximum Gasteiger partial charge on any atom is 0.341 e. The van der Waals surface area contributed by atoms with Gasteiger partial charge in [0.25, 0.3) is 5.91 Å². The molecule has 2 rings (SSSR count). The molecule has 0 radical (unpaired) electrons. The number of aliphatic hydroxyl groups excluding tert-OH is 1. The summed E-state index contributed by atoms with van der Waals surface area (Å²) < 4.78 is 10.5. The second-order valence-corrected chi connectivity index (χ2v) is 5.70. The number of hydrogen-bond acceptors (Lipinski definition) is 5. The van der Waals surface area contributed by atoms with Gasteiger partial charge in [-0.1, -0.05) is 18.2 Å². The fourth-order valence-electron chi connectivity index (χ4n) is 2.14. The molecule has 0 saturated heterocycles. The third-order valence-corrected chi connectivity index (χ3v) is 3.39. The van der Waals surface area contributed by atoms with E-state index in [1.165, 1.54) is 6.07 Å². The Labute approximate surface area is 151 Å². The van der Waals surface area contributed by atoms with Gasteiger partial charge in [0, 0.05) is 12.1 Å². The minimum Gasteiger partial charge on any atom is -0.491 e. The predicted octanol–water partition coefficient (Wildman–Crippen LogP) is 1.63. The fraction of sp³-hybridized carbons (Fsp3) is 0.263. The van der Waals surface area contributed by atoms with Gasteiger partial charge in [-0.3, -0.25) is 4.79 Å². The van der Waals surface area contributed by atoms with E-state index in [0.29, 0.717) is 11.3 Å². The number of aliphatic hydroxyl groups is 1. The first-order valence-corrected chi connectivity index (χ1v) is 8.04. The van der Waals surface area contributed by atoms with Crippen LogP contribution in [0.25, 0.3) is 0 Å². The van der Waals surface area contributed by atoms with Crippen LogP contribution in [-0.2, 0) is 4.79 Å². The molecule has 1 unspecified atom stereocenters. The van der Waals surface area contributed by atoms with E-state index in [2.05, 4.69) is 5.32 Å². The molecule has 0 bridgehead atoms. The lowest BCUT2D eigenvalue weighted by Gasteiger charge is -2.14. The van der Waals surface area contributed by atoms with Crippen molar-refractivity contribution in [3.05, 3.63) is 59.7 Å².